The summed E-state index contributed by atoms with van der Waals surface area (Å²) in [5.41, 5.74) is 0. The summed E-state index contributed by atoms with van der Waals surface area (Å²) in [6.45, 7) is 2.94. The van der Waals surface area contributed by atoms with Crippen LogP contribution in [-0.4, -0.2) is 12.5 Å². The molecule has 0 radical (unpaired) electrons. The van der Waals surface area contributed by atoms with Crippen molar-refractivity contribution in [2.45, 2.75) is 26.2 Å². The summed E-state index contributed by atoms with van der Waals surface area (Å²) in [5.74, 6) is 2.24. The molecule has 3 heteroatoms. The average molecular weight is 306 g/mol. The van der Waals surface area contributed by atoms with Gasteiger partial charge in [-0.1, -0.05) is 29.3 Å². The van der Waals surface area contributed by atoms with Gasteiger partial charge in [0.1, 0.15) is 5.75 Å². The standard InChI is InChI=1S/C13H18BrClO/c1-2-3-11(10-15)8-9-16-13-6-4-12(14)5-7-13/h4-7,11H,2-3,8-10H2,1H3. The molecule has 0 heterocycles. The monoisotopic (exact) mass is 304 g/mol. The normalized spacial score (nSPS) is 12.4. The third-order valence-electron chi connectivity index (χ3n) is 2.52. The molecule has 0 aliphatic carbocycles. The van der Waals surface area contributed by atoms with Gasteiger partial charge in [0.25, 0.3) is 0 Å². The Morgan fingerprint density at radius 1 is 1.25 bits per heavy atom. The summed E-state index contributed by atoms with van der Waals surface area (Å²) in [5, 5.41) is 0. The highest BCUT2D eigenvalue weighted by Gasteiger charge is 2.06. The van der Waals surface area contributed by atoms with Crippen LogP contribution in [0.1, 0.15) is 26.2 Å². The lowest BCUT2D eigenvalue weighted by atomic mass is 10.0. The van der Waals surface area contributed by atoms with Crippen molar-refractivity contribution >= 4 is 27.5 Å². The van der Waals surface area contributed by atoms with Crippen LogP contribution in [0.2, 0.25) is 0 Å². The number of ether oxygens (including phenoxy) is 1. The van der Waals surface area contributed by atoms with E-state index < -0.39 is 0 Å². The highest BCUT2D eigenvalue weighted by molar-refractivity contribution is 9.10. The van der Waals surface area contributed by atoms with E-state index in [1.807, 2.05) is 24.3 Å². The van der Waals surface area contributed by atoms with Gasteiger partial charge in [-0.05, 0) is 43.0 Å². The van der Waals surface area contributed by atoms with E-state index in [-0.39, 0.29) is 0 Å². The maximum absolute atomic E-state index is 5.89. The van der Waals surface area contributed by atoms with E-state index in [4.69, 9.17) is 16.3 Å². The first-order valence-electron chi connectivity index (χ1n) is 5.70. The Labute approximate surface area is 111 Å². The van der Waals surface area contributed by atoms with Crippen LogP contribution in [0.25, 0.3) is 0 Å². The molecule has 1 rings (SSSR count). The molecule has 0 saturated heterocycles. The lowest BCUT2D eigenvalue weighted by Gasteiger charge is -2.13. The molecule has 1 aromatic rings. The van der Waals surface area contributed by atoms with Gasteiger partial charge in [0.05, 0.1) is 6.61 Å². The lowest BCUT2D eigenvalue weighted by molar-refractivity contribution is 0.280. The van der Waals surface area contributed by atoms with E-state index in [0.717, 1.165) is 29.1 Å². The van der Waals surface area contributed by atoms with Gasteiger partial charge in [-0.3, -0.25) is 0 Å². The first kappa shape index (κ1) is 13.9. The minimum absolute atomic E-state index is 0.585. The number of hydrogen-bond donors (Lipinski definition) is 0. The first-order valence-corrected chi connectivity index (χ1v) is 7.03. The van der Waals surface area contributed by atoms with Crippen LogP contribution in [0.5, 0.6) is 5.75 Å². The molecule has 0 aliphatic heterocycles. The molecule has 1 nitrogen and oxygen atoms in total. The fourth-order valence-electron chi connectivity index (χ4n) is 1.58. The average Bonchev–Trinajstić information content (AvgIpc) is 2.30. The van der Waals surface area contributed by atoms with E-state index in [2.05, 4.69) is 22.9 Å². The third kappa shape index (κ3) is 5.22. The van der Waals surface area contributed by atoms with Gasteiger partial charge in [0.2, 0.25) is 0 Å². The van der Waals surface area contributed by atoms with E-state index in [1.54, 1.807) is 0 Å². The zero-order chi connectivity index (χ0) is 11.8. The molecule has 1 aromatic carbocycles. The number of hydrogen-bond acceptors (Lipinski definition) is 1. The van der Waals surface area contributed by atoms with Crippen molar-refractivity contribution in [3.05, 3.63) is 28.7 Å². The van der Waals surface area contributed by atoms with Crippen molar-refractivity contribution < 1.29 is 4.74 Å². The molecule has 1 atom stereocenters. The molecule has 0 saturated carbocycles. The number of alkyl halides is 1. The zero-order valence-corrected chi connectivity index (χ0v) is 11.9. The van der Waals surface area contributed by atoms with Crippen LogP contribution >= 0.6 is 27.5 Å². The van der Waals surface area contributed by atoms with Gasteiger partial charge in [-0.25, -0.2) is 0 Å². The van der Waals surface area contributed by atoms with Gasteiger partial charge >= 0.3 is 0 Å². The maximum atomic E-state index is 5.89. The predicted molar refractivity (Wildman–Crippen MR) is 73.4 cm³/mol. The van der Waals surface area contributed by atoms with Crippen LogP contribution in [0, 0.1) is 5.92 Å². The highest BCUT2D eigenvalue weighted by atomic mass is 79.9. The second-order valence-electron chi connectivity index (χ2n) is 3.90. The van der Waals surface area contributed by atoms with Crippen molar-refractivity contribution in [1.82, 2.24) is 0 Å². The minimum Gasteiger partial charge on any atom is -0.494 e. The van der Waals surface area contributed by atoms with Gasteiger partial charge in [0.15, 0.2) is 0 Å². The second-order valence-corrected chi connectivity index (χ2v) is 5.12. The highest BCUT2D eigenvalue weighted by Crippen LogP contribution is 2.18. The van der Waals surface area contributed by atoms with Crippen LogP contribution in [0.3, 0.4) is 0 Å². The van der Waals surface area contributed by atoms with E-state index in [1.165, 1.54) is 12.8 Å². The molecular formula is C13H18BrClO. The van der Waals surface area contributed by atoms with Crippen LogP contribution < -0.4 is 4.74 Å². The Morgan fingerprint density at radius 3 is 2.50 bits per heavy atom. The zero-order valence-electron chi connectivity index (χ0n) is 9.59. The molecule has 0 aromatic heterocycles. The smallest absolute Gasteiger partial charge is 0.119 e. The topological polar surface area (TPSA) is 9.23 Å². The predicted octanol–water partition coefficient (Wildman–Crippen LogP) is 4.87. The van der Waals surface area contributed by atoms with E-state index in [9.17, 15) is 0 Å². The molecule has 0 fully saturated rings. The van der Waals surface area contributed by atoms with Gasteiger partial charge in [0, 0.05) is 10.4 Å². The van der Waals surface area contributed by atoms with Gasteiger partial charge < -0.3 is 4.74 Å². The van der Waals surface area contributed by atoms with Crippen LogP contribution in [-0.2, 0) is 0 Å². The summed E-state index contributed by atoms with van der Waals surface area (Å²) in [6, 6.07) is 7.92. The summed E-state index contributed by atoms with van der Waals surface area (Å²) in [7, 11) is 0. The molecule has 1 unspecified atom stereocenters. The Kier molecular flexibility index (Phi) is 6.90. The molecule has 90 valence electrons. The summed E-state index contributed by atoms with van der Waals surface area (Å²) >= 11 is 9.28. The first-order chi connectivity index (χ1) is 7.76. The molecular weight excluding hydrogens is 287 g/mol. The van der Waals surface area contributed by atoms with Crippen molar-refractivity contribution in [1.29, 1.82) is 0 Å². The molecule has 0 amide bonds. The molecule has 0 spiro atoms. The van der Waals surface area contributed by atoms with Crippen molar-refractivity contribution in [3.63, 3.8) is 0 Å². The van der Waals surface area contributed by atoms with Gasteiger partial charge in [-0.15, -0.1) is 11.6 Å². The van der Waals surface area contributed by atoms with Crippen molar-refractivity contribution in [2.24, 2.45) is 5.92 Å². The quantitative estimate of drug-likeness (QED) is 0.653. The number of rotatable bonds is 7. The Balaban J connectivity index is 2.26. The minimum atomic E-state index is 0.585. The molecule has 0 aliphatic rings. The van der Waals surface area contributed by atoms with Crippen LogP contribution in [0.15, 0.2) is 28.7 Å². The summed E-state index contributed by atoms with van der Waals surface area (Å²) < 4.78 is 6.73. The Bertz CT molecular complexity index is 286. The molecule has 16 heavy (non-hydrogen) atoms. The fraction of sp³-hybridized carbons (Fsp3) is 0.538. The summed E-state index contributed by atoms with van der Waals surface area (Å²) in [6.07, 6.45) is 3.41. The molecule has 0 bridgehead atoms. The van der Waals surface area contributed by atoms with Crippen LogP contribution in [0.4, 0.5) is 0 Å². The number of benzene rings is 1. The molecule has 0 N–H and O–H groups in total. The van der Waals surface area contributed by atoms with E-state index >= 15 is 0 Å². The number of halogens is 2. The Morgan fingerprint density at radius 2 is 1.94 bits per heavy atom. The largest absolute Gasteiger partial charge is 0.494 e. The van der Waals surface area contributed by atoms with Gasteiger partial charge in [-0.2, -0.15) is 0 Å². The van der Waals surface area contributed by atoms with E-state index in [0.29, 0.717) is 5.92 Å². The maximum Gasteiger partial charge on any atom is 0.119 e. The van der Waals surface area contributed by atoms with Crippen molar-refractivity contribution in [2.75, 3.05) is 12.5 Å². The summed E-state index contributed by atoms with van der Waals surface area (Å²) in [4.78, 5) is 0. The second kappa shape index (κ2) is 7.97. The third-order valence-corrected chi connectivity index (χ3v) is 3.49. The Hall–Kier alpha value is -0.210. The fourth-order valence-corrected chi connectivity index (χ4v) is 2.15. The lowest BCUT2D eigenvalue weighted by Crippen LogP contribution is -2.08. The SMILES string of the molecule is CCCC(CCl)CCOc1ccc(Br)cc1. The van der Waals surface area contributed by atoms with Crippen molar-refractivity contribution in [3.8, 4) is 5.75 Å².